The molecule has 0 spiro atoms. The van der Waals surface area contributed by atoms with Gasteiger partial charge >= 0.3 is 18.1 Å². The van der Waals surface area contributed by atoms with Crippen molar-refractivity contribution in [3.63, 3.8) is 0 Å². The van der Waals surface area contributed by atoms with Crippen LogP contribution in [0.3, 0.4) is 0 Å². The monoisotopic (exact) mass is 800 g/mol. The summed E-state index contributed by atoms with van der Waals surface area (Å²) in [5.74, 6) is 0.976. The highest BCUT2D eigenvalue weighted by atomic mass is 16.6. The molecule has 0 aliphatic carbocycles. The summed E-state index contributed by atoms with van der Waals surface area (Å²) < 4.78 is 11.7. The maximum atomic E-state index is 14.2. The summed E-state index contributed by atoms with van der Waals surface area (Å²) in [4.78, 5) is 63.8. The molecule has 0 aromatic heterocycles. The quantitative estimate of drug-likeness (QED) is 0.279. The van der Waals surface area contributed by atoms with E-state index in [1.807, 2.05) is 60.0 Å². The third-order valence-corrected chi connectivity index (χ3v) is 13.4. The fourth-order valence-electron chi connectivity index (χ4n) is 9.93. The van der Waals surface area contributed by atoms with Crippen molar-refractivity contribution in [2.45, 2.75) is 96.6 Å². The highest BCUT2D eigenvalue weighted by molar-refractivity contribution is 5.91. The zero-order valence-electron chi connectivity index (χ0n) is 34.7. The predicted molar refractivity (Wildman–Crippen MR) is 222 cm³/mol. The lowest BCUT2D eigenvalue weighted by molar-refractivity contribution is -0.145. The van der Waals surface area contributed by atoms with Gasteiger partial charge in [-0.05, 0) is 138 Å². The van der Waals surface area contributed by atoms with E-state index in [-0.39, 0.29) is 36.1 Å². The molecule has 4 saturated heterocycles. The highest BCUT2D eigenvalue weighted by Gasteiger charge is 2.37. The van der Waals surface area contributed by atoms with Crippen LogP contribution < -0.4 is 5.32 Å². The zero-order valence-corrected chi connectivity index (χ0v) is 34.7. The summed E-state index contributed by atoms with van der Waals surface area (Å²) in [7, 11) is 0. The van der Waals surface area contributed by atoms with Gasteiger partial charge in [-0.15, -0.1) is 0 Å². The van der Waals surface area contributed by atoms with Gasteiger partial charge in [0.15, 0.2) is 6.10 Å². The molecule has 0 unspecified atom stereocenters. The third-order valence-electron chi connectivity index (χ3n) is 13.4. The first-order valence-corrected chi connectivity index (χ1v) is 21.9. The molecule has 4 amide bonds. The van der Waals surface area contributed by atoms with E-state index < -0.39 is 12.2 Å². The molecular formula is C45H64N6O7. The number of nitrogens with zero attached hydrogens (tertiary/aromatic N) is 5. The second-order valence-electron chi connectivity index (χ2n) is 17.3. The lowest BCUT2D eigenvalue weighted by Gasteiger charge is -2.41. The molecule has 5 aliphatic heterocycles. The van der Waals surface area contributed by atoms with Crippen LogP contribution in [0.5, 0.6) is 5.75 Å². The van der Waals surface area contributed by atoms with E-state index in [1.54, 1.807) is 4.90 Å². The number of fused-ring (bicyclic) bond motifs is 1. The second-order valence-corrected chi connectivity index (χ2v) is 17.3. The SMILES string of the molecule is Cc1cc(C[C@@H](OC(=O)N2CCC(N3CCc4ccccc4NC3=O)CC2)C(=O)N2CCC(C3CCN(CC(=O)OCCN4CCCCC4)CC3)CC2)cc(C)c1O. The van der Waals surface area contributed by atoms with E-state index in [2.05, 4.69) is 15.1 Å². The normalized spacial score (nSPS) is 21.2. The number of hydrogen-bond acceptors (Lipinski definition) is 9. The smallest absolute Gasteiger partial charge is 0.410 e. The van der Waals surface area contributed by atoms with E-state index in [0.717, 1.165) is 81.6 Å². The van der Waals surface area contributed by atoms with Gasteiger partial charge in [0.2, 0.25) is 0 Å². The molecular weight excluding hydrogens is 737 g/mol. The first kappa shape index (κ1) is 41.8. The van der Waals surface area contributed by atoms with Gasteiger partial charge in [0.1, 0.15) is 12.4 Å². The van der Waals surface area contributed by atoms with Crippen molar-refractivity contribution in [2.75, 3.05) is 83.9 Å². The number of aryl methyl sites for hydroxylation is 2. The summed E-state index contributed by atoms with van der Waals surface area (Å²) in [6.45, 7) is 12.0. The second kappa shape index (κ2) is 19.6. The molecule has 0 bridgehead atoms. The van der Waals surface area contributed by atoms with Crippen LogP contribution in [0.1, 0.15) is 80.0 Å². The number of phenolic OH excluding ortho intramolecular Hbond substituents is 1. The number of urea groups is 1. The Balaban J connectivity index is 0.892. The fraction of sp³-hybridized carbons (Fsp3) is 0.644. The number of carbonyl (C=O) groups excluding carboxylic acids is 4. The van der Waals surface area contributed by atoms with Gasteiger partial charge in [0.05, 0.1) is 6.54 Å². The van der Waals surface area contributed by atoms with E-state index in [9.17, 15) is 24.3 Å². The van der Waals surface area contributed by atoms with Crippen molar-refractivity contribution in [3.05, 3.63) is 58.7 Å². The van der Waals surface area contributed by atoms with Gasteiger partial charge in [-0.1, -0.05) is 36.8 Å². The molecule has 58 heavy (non-hydrogen) atoms. The number of nitrogens with one attached hydrogen (secondary N) is 1. The van der Waals surface area contributed by atoms with Crippen LogP contribution in [0.15, 0.2) is 36.4 Å². The summed E-state index contributed by atoms with van der Waals surface area (Å²) in [5.41, 5.74) is 4.23. The molecule has 7 rings (SSSR count). The molecule has 1 atom stereocenters. The zero-order chi connectivity index (χ0) is 40.6. The number of amides is 4. The number of phenols is 1. The summed E-state index contributed by atoms with van der Waals surface area (Å²) in [6.07, 6.45) is 8.36. The van der Waals surface area contributed by atoms with Gasteiger partial charge in [-0.3, -0.25) is 19.4 Å². The van der Waals surface area contributed by atoms with Crippen LogP contribution in [-0.4, -0.2) is 144 Å². The number of anilines is 1. The molecule has 4 fully saturated rings. The Kier molecular flexibility index (Phi) is 14.1. The number of likely N-dealkylation sites (tertiary alicyclic amines) is 4. The Morgan fingerprint density at radius 2 is 1.43 bits per heavy atom. The number of para-hydroxylation sites is 1. The lowest BCUT2D eigenvalue weighted by Crippen LogP contribution is -2.52. The largest absolute Gasteiger partial charge is 0.507 e. The van der Waals surface area contributed by atoms with Crippen molar-refractivity contribution >= 4 is 29.7 Å². The lowest BCUT2D eigenvalue weighted by atomic mass is 9.78. The first-order chi connectivity index (χ1) is 28.1. The van der Waals surface area contributed by atoms with E-state index >= 15 is 0 Å². The van der Waals surface area contributed by atoms with E-state index in [4.69, 9.17) is 9.47 Å². The van der Waals surface area contributed by atoms with Crippen molar-refractivity contribution in [2.24, 2.45) is 11.8 Å². The number of benzene rings is 2. The first-order valence-electron chi connectivity index (χ1n) is 21.9. The minimum atomic E-state index is -0.997. The number of rotatable bonds is 11. The Morgan fingerprint density at radius 1 is 0.793 bits per heavy atom. The maximum absolute atomic E-state index is 14.2. The topological polar surface area (TPSA) is 135 Å². The van der Waals surface area contributed by atoms with Crippen LogP contribution >= 0.6 is 0 Å². The van der Waals surface area contributed by atoms with Gasteiger partial charge < -0.3 is 34.6 Å². The minimum Gasteiger partial charge on any atom is -0.507 e. The standard InChI is InChI=1S/C45H64N6O7/c1-32-28-34(29-33(2)42(32)53)30-40(58-45(56)50-23-15-38(16-24-50)51-25-14-37-8-4-5-9-39(37)46-44(51)55)43(54)49-21-12-36(13-22-49)35-10-19-48(20-11-35)31-41(52)57-27-26-47-17-6-3-7-18-47/h4-5,8-9,28-29,35-36,38,40,53H,3,6-7,10-27,30-31H2,1-2H3,(H,46,55)/t40-/m1/s1. The van der Waals surface area contributed by atoms with Crippen molar-refractivity contribution in [3.8, 4) is 5.75 Å². The minimum absolute atomic E-state index is 0.00276. The van der Waals surface area contributed by atoms with E-state index in [1.165, 1.54) is 19.3 Å². The Labute approximate surface area is 344 Å². The molecule has 5 heterocycles. The van der Waals surface area contributed by atoms with Crippen molar-refractivity contribution in [1.82, 2.24) is 24.5 Å². The number of aromatic hydroxyl groups is 1. The number of carbonyl (C=O) groups is 4. The number of esters is 1. The van der Waals surface area contributed by atoms with Crippen molar-refractivity contribution in [1.29, 1.82) is 0 Å². The maximum Gasteiger partial charge on any atom is 0.410 e. The Morgan fingerprint density at radius 3 is 2.12 bits per heavy atom. The molecule has 2 aromatic carbocycles. The number of ether oxygens (including phenoxy) is 2. The average molecular weight is 801 g/mol. The Bertz CT molecular complexity index is 1720. The van der Waals surface area contributed by atoms with Crippen LogP contribution in [0.25, 0.3) is 0 Å². The molecule has 13 nitrogen and oxygen atoms in total. The molecule has 2 N–H and O–H groups in total. The average Bonchev–Trinajstić information content (AvgIpc) is 3.41. The van der Waals surface area contributed by atoms with Gasteiger partial charge in [-0.25, -0.2) is 9.59 Å². The van der Waals surface area contributed by atoms with Crippen LogP contribution in [0, 0.1) is 25.7 Å². The van der Waals surface area contributed by atoms with Gasteiger partial charge in [0.25, 0.3) is 5.91 Å². The number of hydrogen-bond donors (Lipinski definition) is 2. The van der Waals surface area contributed by atoms with Crippen molar-refractivity contribution < 1.29 is 33.8 Å². The summed E-state index contributed by atoms with van der Waals surface area (Å²) >= 11 is 0. The van der Waals surface area contributed by atoms with Gasteiger partial charge in [-0.2, -0.15) is 0 Å². The van der Waals surface area contributed by atoms with Gasteiger partial charge in [0, 0.05) is 57.4 Å². The number of piperidine rings is 4. The summed E-state index contributed by atoms with van der Waals surface area (Å²) in [6, 6.07) is 11.5. The molecule has 316 valence electrons. The summed E-state index contributed by atoms with van der Waals surface area (Å²) in [5, 5.41) is 13.5. The third kappa shape index (κ3) is 10.6. The fourth-order valence-corrected chi connectivity index (χ4v) is 9.93. The molecule has 2 aromatic rings. The van der Waals surface area contributed by atoms with Crippen LogP contribution in [-0.2, 0) is 31.9 Å². The van der Waals surface area contributed by atoms with E-state index in [0.29, 0.717) is 81.7 Å². The predicted octanol–water partition coefficient (Wildman–Crippen LogP) is 5.59. The molecule has 0 saturated carbocycles. The van der Waals surface area contributed by atoms with Crippen LogP contribution in [0.2, 0.25) is 0 Å². The molecule has 0 radical (unpaired) electrons. The highest BCUT2D eigenvalue weighted by Crippen LogP contribution is 2.33. The molecule has 5 aliphatic rings. The Hall–Kier alpha value is -4.36. The van der Waals surface area contributed by atoms with Crippen LogP contribution in [0.4, 0.5) is 15.3 Å². The molecule has 13 heteroatoms.